The van der Waals surface area contributed by atoms with E-state index in [4.69, 9.17) is 0 Å². The predicted molar refractivity (Wildman–Crippen MR) is 106 cm³/mol. The second-order valence-corrected chi connectivity index (χ2v) is 10.5. The fourth-order valence-corrected chi connectivity index (χ4v) is 6.24. The molecule has 0 aromatic carbocycles. The number of nitrogens with one attached hydrogen (secondary N) is 2. The fourth-order valence-electron chi connectivity index (χ4n) is 4.36. The fraction of sp³-hybridized carbons (Fsp3) is 0.750. The van der Waals surface area contributed by atoms with Crippen LogP contribution in [0.5, 0.6) is 0 Å². The van der Waals surface area contributed by atoms with Gasteiger partial charge in [-0.3, -0.25) is 4.79 Å². The molecule has 0 radical (unpaired) electrons. The van der Waals surface area contributed by atoms with E-state index in [9.17, 15) is 13.2 Å². The SMILES string of the molecule is Cc1[nH]c(C(=O)NC2CCC(C)CC2)c(C)c1S(=O)(=O)N1CCC(C)CC1. The molecule has 0 bridgehead atoms. The number of sulfonamides is 1. The molecule has 2 heterocycles. The lowest BCUT2D eigenvalue weighted by atomic mass is 9.87. The standard InChI is InChI=1S/C20H33N3O3S/c1-13-5-7-17(8-6-13)22-20(24)18-15(3)19(16(4)21-18)27(25,26)23-11-9-14(2)10-12-23/h13-14,17,21H,5-12H2,1-4H3,(H,22,24). The van der Waals surface area contributed by atoms with Gasteiger partial charge in [-0.05, 0) is 69.8 Å². The van der Waals surface area contributed by atoms with Gasteiger partial charge in [-0.15, -0.1) is 0 Å². The van der Waals surface area contributed by atoms with Gasteiger partial charge in [-0.1, -0.05) is 13.8 Å². The summed E-state index contributed by atoms with van der Waals surface area (Å²) < 4.78 is 27.9. The Hall–Kier alpha value is -1.34. The number of amides is 1. The maximum Gasteiger partial charge on any atom is 0.268 e. The van der Waals surface area contributed by atoms with Gasteiger partial charge >= 0.3 is 0 Å². The molecule has 7 heteroatoms. The van der Waals surface area contributed by atoms with Gasteiger partial charge in [0.2, 0.25) is 10.0 Å². The Morgan fingerprint density at radius 2 is 1.56 bits per heavy atom. The van der Waals surface area contributed by atoms with E-state index < -0.39 is 10.0 Å². The zero-order valence-corrected chi connectivity index (χ0v) is 17.8. The number of H-pyrrole nitrogens is 1. The lowest BCUT2D eigenvalue weighted by molar-refractivity contribution is 0.0917. The van der Waals surface area contributed by atoms with Crippen molar-refractivity contribution in [3.05, 3.63) is 17.0 Å². The molecule has 1 saturated heterocycles. The van der Waals surface area contributed by atoms with Crippen LogP contribution in [0.4, 0.5) is 0 Å². The van der Waals surface area contributed by atoms with E-state index in [-0.39, 0.29) is 16.8 Å². The van der Waals surface area contributed by atoms with E-state index in [1.807, 2.05) is 0 Å². The Morgan fingerprint density at radius 3 is 2.15 bits per heavy atom. The molecule has 3 rings (SSSR count). The first-order chi connectivity index (χ1) is 12.7. The molecular weight excluding hydrogens is 362 g/mol. The Bertz CT molecular complexity index is 784. The molecular formula is C20H33N3O3S. The van der Waals surface area contributed by atoms with Gasteiger partial charge in [0, 0.05) is 24.8 Å². The molecule has 152 valence electrons. The van der Waals surface area contributed by atoms with Crippen LogP contribution in [-0.4, -0.2) is 42.7 Å². The third-order valence-electron chi connectivity index (χ3n) is 6.29. The van der Waals surface area contributed by atoms with E-state index >= 15 is 0 Å². The lowest BCUT2D eigenvalue weighted by Crippen LogP contribution is -2.38. The van der Waals surface area contributed by atoms with Gasteiger partial charge in [-0.2, -0.15) is 4.31 Å². The third-order valence-corrected chi connectivity index (χ3v) is 8.46. The minimum absolute atomic E-state index is 0.181. The van der Waals surface area contributed by atoms with Crippen molar-refractivity contribution >= 4 is 15.9 Å². The van der Waals surface area contributed by atoms with Crippen molar-refractivity contribution in [1.82, 2.24) is 14.6 Å². The van der Waals surface area contributed by atoms with Crippen molar-refractivity contribution < 1.29 is 13.2 Å². The first-order valence-electron chi connectivity index (χ1n) is 10.2. The van der Waals surface area contributed by atoms with Crippen LogP contribution in [0.25, 0.3) is 0 Å². The molecule has 27 heavy (non-hydrogen) atoms. The van der Waals surface area contributed by atoms with Crippen molar-refractivity contribution in [1.29, 1.82) is 0 Å². The molecule has 0 spiro atoms. The minimum atomic E-state index is -3.58. The Labute approximate surface area is 163 Å². The highest BCUT2D eigenvalue weighted by Crippen LogP contribution is 2.30. The topological polar surface area (TPSA) is 82.3 Å². The van der Waals surface area contributed by atoms with Gasteiger partial charge in [0.25, 0.3) is 5.91 Å². The average molecular weight is 396 g/mol. The molecule has 0 unspecified atom stereocenters. The maximum atomic E-state index is 13.2. The van der Waals surface area contributed by atoms with E-state index in [0.29, 0.717) is 36.0 Å². The lowest BCUT2D eigenvalue weighted by Gasteiger charge is -2.29. The highest BCUT2D eigenvalue weighted by molar-refractivity contribution is 7.89. The summed E-state index contributed by atoms with van der Waals surface area (Å²) in [6.45, 7) is 8.98. The second-order valence-electron chi connectivity index (χ2n) is 8.60. The normalized spacial score (nSPS) is 25.5. The summed E-state index contributed by atoms with van der Waals surface area (Å²) in [6.07, 6.45) is 6.00. The van der Waals surface area contributed by atoms with Gasteiger partial charge in [0.1, 0.15) is 10.6 Å². The zero-order chi connectivity index (χ0) is 19.8. The van der Waals surface area contributed by atoms with E-state index in [1.165, 1.54) is 0 Å². The number of hydrogen-bond donors (Lipinski definition) is 2. The van der Waals surface area contributed by atoms with Crippen LogP contribution in [0.3, 0.4) is 0 Å². The Morgan fingerprint density at radius 1 is 1.00 bits per heavy atom. The molecule has 1 aliphatic heterocycles. The van der Waals surface area contributed by atoms with Gasteiger partial charge in [0.15, 0.2) is 0 Å². The summed E-state index contributed by atoms with van der Waals surface area (Å²) in [6, 6.07) is 0.181. The number of aromatic nitrogens is 1. The van der Waals surface area contributed by atoms with E-state index in [0.717, 1.165) is 44.4 Å². The maximum absolute atomic E-state index is 13.2. The minimum Gasteiger partial charge on any atom is -0.353 e. The van der Waals surface area contributed by atoms with Gasteiger partial charge < -0.3 is 10.3 Å². The first kappa shape index (κ1) is 20.4. The summed E-state index contributed by atoms with van der Waals surface area (Å²) in [7, 11) is -3.58. The molecule has 2 fully saturated rings. The van der Waals surface area contributed by atoms with Crippen LogP contribution in [0.15, 0.2) is 4.90 Å². The summed E-state index contributed by atoms with van der Waals surface area (Å²) in [5.74, 6) is 1.09. The van der Waals surface area contributed by atoms with E-state index in [2.05, 4.69) is 24.1 Å². The molecule has 2 N–H and O–H groups in total. The van der Waals surface area contributed by atoms with Crippen molar-refractivity contribution in [2.24, 2.45) is 11.8 Å². The van der Waals surface area contributed by atoms with E-state index in [1.54, 1.807) is 18.2 Å². The quantitative estimate of drug-likeness (QED) is 0.820. The van der Waals surface area contributed by atoms with Gasteiger partial charge in [0.05, 0.1) is 0 Å². The highest BCUT2D eigenvalue weighted by Gasteiger charge is 2.34. The molecule has 0 atom stereocenters. The largest absolute Gasteiger partial charge is 0.353 e. The predicted octanol–water partition coefficient (Wildman–Crippen LogP) is 3.36. The summed E-state index contributed by atoms with van der Waals surface area (Å²) in [4.78, 5) is 16.1. The highest BCUT2D eigenvalue weighted by atomic mass is 32.2. The van der Waals surface area contributed by atoms with Crippen LogP contribution in [0.2, 0.25) is 0 Å². The summed E-state index contributed by atoms with van der Waals surface area (Å²) >= 11 is 0. The number of carbonyl (C=O) groups is 1. The Balaban J connectivity index is 1.79. The number of carbonyl (C=O) groups excluding carboxylic acids is 1. The number of aromatic amines is 1. The smallest absolute Gasteiger partial charge is 0.268 e. The molecule has 1 aliphatic carbocycles. The number of rotatable bonds is 4. The molecule has 6 nitrogen and oxygen atoms in total. The van der Waals surface area contributed by atoms with Gasteiger partial charge in [-0.25, -0.2) is 8.42 Å². The number of aryl methyl sites for hydroxylation is 1. The third kappa shape index (κ3) is 4.24. The van der Waals surface area contributed by atoms with Crippen LogP contribution in [0.1, 0.15) is 74.1 Å². The monoisotopic (exact) mass is 395 g/mol. The number of nitrogens with zero attached hydrogens (tertiary/aromatic N) is 1. The van der Waals surface area contributed by atoms with Crippen LogP contribution in [0, 0.1) is 25.7 Å². The average Bonchev–Trinajstić information content (AvgIpc) is 2.92. The molecule has 1 aromatic heterocycles. The van der Waals surface area contributed by atoms with Crippen molar-refractivity contribution in [2.45, 2.75) is 77.2 Å². The Kier molecular flexibility index (Phi) is 6.01. The molecule has 1 saturated carbocycles. The molecule has 1 amide bonds. The summed E-state index contributed by atoms with van der Waals surface area (Å²) in [5.41, 5.74) is 1.47. The van der Waals surface area contributed by atoms with Crippen molar-refractivity contribution in [3.63, 3.8) is 0 Å². The molecule has 2 aliphatic rings. The first-order valence-corrected chi connectivity index (χ1v) is 11.6. The zero-order valence-electron chi connectivity index (χ0n) is 17.0. The van der Waals surface area contributed by atoms with Crippen molar-refractivity contribution in [3.8, 4) is 0 Å². The number of hydrogen-bond acceptors (Lipinski definition) is 3. The van der Waals surface area contributed by atoms with Crippen LogP contribution >= 0.6 is 0 Å². The summed E-state index contributed by atoms with van der Waals surface area (Å²) in [5, 5.41) is 3.10. The van der Waals surface area contributed by atoms with Crippen LogP contribution < -0.4 is 5.32 Å². The van der Waals surface area contributed by atoms with Crippen molar-refractivity contribution in [2.75, 3.05) is 13.1 Å². The second kappa shape index (κ2) is 7.95. The van der Waals surface area contributed by atoms with Crippen LogP contribution in [-0.2, 0) is 10.0 Å². The molecule has 1 aromatic rings. The number of piperidine rings is 1.